The van der Waals surface area contributed by atoms with Crippen LogP contribution in [0.4, 0.5) is 0 Å². The molecule has 2 aromatic carbocycles. The fourth-order valence-corrected chi connectivity index (χ4v) is 5.13. The Balaban J connectivity index is 1.40. The fourth-order valence-electron chi connectivity index (χ4n) is 5.13. The lowest BCUT2D eigenvalue weighted by molar-refractivity contribution is 0.0143. The van der Waals surface area contributed by atoms with Crippen LogP contribution in [0.2, 0.25) is 0 Å². The van der Waals surface area contributed by atoms with Crippen LogP contribution in [0.3, 0.4) is 0 Å². The summed E-state index contributed by atoms with van der Waals surface area (Å²) in [5.41, 5.74) is 3.35. The third-order valence-corrected chi connectivity index (χ3v) is 6.59. The molecule has 2 aliphatic heterocycles. The van der Waals surface area contributed by atoms with Crippen molar-refractivity contribution in [2.75, 3.05) is 32.7 Å². The summed E-state index contributed by atoms with van der Waals surface area (Å²) in [5, 5.41) is 3.66. The molecule has 5 nitrogen and oxygen atoms in total. The minimum Gasteiger partial charge on any atom is -0.336 e. The number of fused-ring (bicyclic) bond motifs is 1. The van der Waals surface area contributed by atoms with E-state index in [0.29, 0.717) is 23.6 Å². The molecule has 31 heavy (non-hydrogen) atoms. The second kappa shape index (κ2) is 9.00. The monoisotopic (exact) mass is 412 g/mol. The van der Waals surface area contributed by atoms with Gasteiger partial charge in [-0.05, 0) is 23.3 Å². The summed E-state index contributed by atoms with van der Waals surface area (Å²) >= 11 is 0. The van der Waals surface area contributed by atoms with E-state index in [-0.39, 0.29) is 5.91 Å². The number of hydrogen-bond donors (Lipinski definition) is 1. The summed E-state index contributed by atoms with van der Waals surface area (Å²) in [5.74, 6) is 0.371. The maximum absolute atomic E-state index is 13.0. The lowest BCUT2D eigenvalue weighted by Gasteiger charge is -2.50. The van der Waals surface area contributed by atoms with Gasteiger partial charge in [-0.2, -0.15) is 0 Å². The predicted molar refractivity (Wildman–Crippen MR) is 122 cm³/mol. The molecule has 2 saturated heterocycles. The highest BCUT2D eigenvalue weighted by atomic mass is 16.2. The first-order valence-electron chi connectivity index (χ1n) is 11.1. The van der Waals surface area contributed by atoms with E-state index >= 15 is 0 Å². The summed E-state index contributed by atoms with van der Waals surface area (Å²) in [6.07, 6.45) is 3.37. The third-order valence-electron chi connectivity index (χ3n) is 6.59. The predicted octanol–water partition coefficient (Wildman–Crippen LogP) is 3.01. The zero-order valence-corrected chi connectivity index (χ0v) is 17.6. The largest absolute Gasteiger partial charge is 0.336 e. The van der Waals surface area contributed by atoms with Gasteiger partial charge in [0.25, 0.3) is 5.91 Å². The molecule has 2 atom stereocenters. The molecule has 158 valence electrons. The molecule has 3 aromatic rings. The Hall–Kier alpha value is -3.02. The first-order valence-corrected chi connectivity index (χ1v) is 11.1. The molecule has 5 rings (SSSR count). The van der Waals surface area contributed by atoms with E-state index in [4.69, 9.17) is 0 Å². The molecule has 0 spiro atoms. The Bertz CT molecular complexity index is 956. The van der Waals surface area contributed by atoms with Gasteiger partial charge in [0.2, 0.25) is 0 Å². The maximum atomic E-state index is 13.0. The Morgan fingerprint density at radius 3 is 2.26 bits per heavy atom. The van der Waals surface area contributed by atoms with Crippen LogP contribution in [-0.4, -0.2) is 65.5 Å². The molecule has 0 unspecified atom stereocenters. The van der Waals surface area contributed by atoms with Crippen LogP contribution in [0.15, 0.2) is 85.2 Å². The van der Waals surface area contributed by atoms with E-state index in [9.17, 15) is 4.79 Å². The number of nitrogens with one attached hydrogen (secondary N) is 1. The van der Waals surface area contributed by atoms with E-state index in [1.807, 2.05) is 17.0 Å². The van der Waals surface area contributed by atoms with E-state index in [1.54, 1.807) is 12.4 Å². The van der Waals surface area contributed by atoms with Gasteiger partial charge in [0.15, 0.2) is 0 Å². The van der Waals surface area contributed by atoms with Crippen molar-refractivity contribution in [2.45, 2.75) is 18.0 Å². The number of benzene rings is 2. The van der Waals surface area contributed by atoms with Gasteiger partial charge < -0.3 is 10.2 Å². The van der Waals surface area contributed by atoms with Crippen LogP contribution < -0.4 is 5.32 Å². The molecule has 0 saturated carbocycles. The Morgan fingerprint density at radius 2 is 1.61 bits per heavy atom. The average Bonchev–Trinajstić information content (AvgIpc) is 2.85. The van der Waals surface area contributed by atoms with Gasteiger partial charge in [-0.1, -0.05) is 60.7 Å². The van der Waals surface area contributed by atoms with Crippen LogP contribution in [-0.2, 0) is 0 Å². The van der Waals surface area contributed by atoms with Crippen LogP contribution in [0.1, 0.15) is 27.4 Å². The zero-order chi connectivity index (χ0) is 21.0. The maximum Gasteiger partial charge on any atom is 0.255 e. The van der Waals surface area contributed by atoms with Crippen LogP contribution in [0, 0.1) is 0 Å². The number of nitrogens with zero attached hydrogens (tertiary/aromatic N) is 3. The highest BCUT2D eigenvalue weighted by Gasteiger charge is 2.40. The van der Waals surface area contributed by atoms with E-state index in [0.717, 1.165) is 32.7 Å². The highest BCUT2D eigenvalue weighted by molar-refractivity contribution is 5.94. The van der Waals surface area contributed by atoms with Gasteiger partial charge in [0, 0.05) is 63.1 Å². The first kappa shape index (κ1) is 19.9. The van der Waals surface area contributed by atoms with Gasteiger partial charge in [-0.3, -0.25) is 14.7 Å². The smallest absolute Gasteiger partial charge is 0.255 e. The molecule has 1 N–H and O–H groups in total. The quantitative estimate of drug-likeness (QED) is 0.716. The summed E-state index contributed by atoms with van der Waals surface area (Å²) in [4.78, 5) is 21.7. The van der Waals surface area contributed by atoms with E-state index in [1.165, 1.54) is 11.1 Å². The molecule has 2 fully saturated rings. The molecular weight excluding hydrogens is 384 g/mol. The van der Waals surface area contributed by atoms with Crippen LogP contribution in [0.5, 0.6) is 0 Å². The molecule has 5 heteroatoms. The number of carbonyl (C=O) groups excluding carboxylic acids is 1. The Kier molecular flexibility index (Phi) is 5.78. The standard InChI is InChI=1S/C26H28N4O/c31-26(22-12-7-13-27-16-22)29-14-15-30-23(19-29)17-28-18-24(30)25(20-8-3-1-4-9-20)21-10-5-2-6-11-21/h1-13,16,23-25,28H,14-15,17-19H2/t23-,24-/m0/s1. The third kappa shape index (κ3) is 4.11. The van der Waals surface area contributed by atoms with E-state index in [2.05, 4.69) is 75.9 Å². The number of hydrogen-bond acceptors (Lipinski definition) is 4. The highest BCUT2D eigenvalue weighted by Crippen LogP contribution is 2.34. The molecule has 1 amide bonds. The van der Waals surface area contributed by atoms with E-state index < -0.39 is 0 Å². The molecule has 0 aliphatic carbocycles. The van der Waals surface area contributed by atoms with Crippen molar-refractivity contribution in [1.29, 1.82) is 0 Å². The molecule has 1 aromatic heterocycles. The Labute approximate surface area is 183 Å². The normalized spacial score (nSPS) is 21.6. The van der Waals surface area contributed by atoms with Gasteiger partial charge in [-0.25, -0.2) is 0 Å². The van der Waals surface area contributed by atoms with Crippen molar-refractivity contribution in [3.05, 3.63) is 102 Å². The molecule has 0 bridgehead atoms. The SMILES string of the molecule is O=C(c1cccnc1)N1CCN2[C@@H](CNC[C@H]2C(c2ccccc2)c2ccccc2)C1. The van der Waals surface area contributed by atoms with Crippen LogP contribution in [0.25, 0.3) is 0 Å². The summed E-state index contributed by atoms with van der Waals surface area (Å²) in [6.45, 7) is 4.23. The second-order valence-electron chi connectivity index (χ2n) is 8.41. The number of aromatic nitrogens is 1. The number of carbonyl (C=O) groups is 1. The number of piperazine rings is 2. The average molecular weight is 413 g/mol. The number of pyridine rings is 1. The van der Waals surface area contributed by atoms with Crippen LogP contribution >= 0.6 is 0 Å². The Morgan fingerprint density at radius 1 is 0.903 bits per heavy atom. The van der Waals surface area contributed by atoms with Crippen molar-refractivity contribution < 1.29 is 4.79 Å². The zero-order valence-electron chi connectivity index (χ0n) is 17.6. The van der Waals surface area contributed by atoms with Gasteiger partial charge in [-0.15, -0.1) is 0 Å². The molecule has 0 radical (unpaired) electrons. The minimum absolute atomic E-state index is 0.0811. The van der Waals surface area contributed by atoms with Gasteiger partial charge in [0.1, 0.15) is 0 Å². The van der Waals surface area contributed by atoms with Crippen molar-refractivity contribution in [3.63, 3.8) is 0 Å². The number of rotatable bonds is 4. The topological polar surface area (TPSA) is 48.5 Å². The second-order valence-corrected chi connectivity index (χ2v) is 8.41. The summed E-state index contributed by atoms with van der Waals surface area (Å²) in [6, 6.07) is 26.0. The summed E-state index contributed by atoms with van der Waals surface area (Å²) in [7, 11) is 0. The van der Waals surface area contributed by atoms with Crippen molar-refractivity contribution in [3.8, 4) is 0 Å². The molecular formula is C26H28N4O. The van der Waals surface area contributed by atoms with Gasteiger partial charge >= 0.3 is 0 Å². The minimum atomic E-state index is 0.0811. The van der Waals surface area contributed by atoms with Crippen molar-refractivity contribution in [2.24, 2.45) is 0 Å². The number of amides is 1. The first-order chi connectivity index (χ1) is 15.3. The summed E-state index contributed by atoms with van der Waals surface area (Å²) < 4.78 is 0. The lowest BCUT2D eigenvalue weighted by Crippen LogP contribution is -2.66. The fraction of sp³-hybridized carbons (Fsp3) is 0.308. The lowest BCUT2D eigenvalue weighted by atomic mass is 9.82. The van der Waals surface area contributed by atoms with Crippen molar-refractivity contribution in [1.82, 2.24) is 20.1 Å². The van der Waals surface area contributed by atoms with Crippen molar-refractivity contribution >= 4 is 5.91 Å². The molecule has 2 aliphatic rings. The molecule has 3 heterocycles. The van der Waals surface area contributed by atoms with Gasteiger partial charge in [0.05, 0.1) is 5.56 Å².